The van der Waals surface area contributed by atoms with Crippen molar-refractivity contribution in [1.82, 2.24) is 36.5 Å². The van der Waals surface area contributed by atoms with Gasteiger partial charge in [-0.25, -0.2) is 0 Å². The van der Waals surface area contributed by atoms with Gasteiger partial charge in [-0.1, -0.05) is 55.8 Å². The van der Waals surface area contributed by atoms with Crippen molar-refractivity contribution in [2.45, 2.75) is 64.2 Å². The summed E-state index contributed by atoms with van der Waals surface area (Å²) in [5, 5.41) is 13.5. The van der Waals surface area contributed by atoms with E-state index in [-0.39, 0.29) is 48.9 Å². The number of carbonyl (C=O) groups is 6. The number of halogens is 1. The molecular weight excluding hydrogens is 602 g/mol. The molecule has 1 aliphatic rings. The van der Waals surface area contributed by atoms with Crippen LogP contribution in [0, 0.1) is 5.92 Å². The Labute approximate surface area is 267 Å². The summed E-state index contributed by atoms with van der Waals surface area (Å²) in [4.78, 5) is 84.2. The summed E-state index contributed by atoms with van der Waals surface area (Å²) >= 11 is 6.12. The number of likely N-dealkylation sites (N-methyl/N-ethyl adjacent to an activating group) is 1. The number of nitrogens with zero attached hydrogens (tertiary/aromatic N) is 2. The molecule has 0 unspecified atom stereocenters. The van der Waals surface area contributed by atoms with Crippen LogP contribution in [0.4, 0.5) is 0 Å². The maximum atomic E-state index is 13.5. The fourth-order valence-corrected chi connectivity index (χ4v) is 4.92. The van der Waals surface area contributed by atoms with Crippen molar-refractivity contribution in [3.8, 4) is 0 Å². The fraction of sp³-hybridized carbons (Fsp3) is 0.452. The molecule has 242 valence electrons. The first-order valence-electron chi connectivity index (χ1n) is 14.7. The Balaban J connectivity index is 1.86. The number of rotatable bonds is 5. The smallest absolute Gasteiger partial charge is 0.253 e. The molecule has 0 radical (unpaired) electrons. The topological polar surface area (TPSA) is 179 Å². The van der Waals surface area contributed by atoms with E-state index in [9.17, 15) is 28.8 Å². The zero-order chi connectivity index (χ0) is 33.1. The van der Waals surface area contributed by atoms with Crippen LogP contribution in [0.15, 0.2) is 48.8 Å². The van der Waals surface area contributed by atoms with Crippen LogP contribution in [0.25, 0.3) is 0 Å². The van der Waals surface area contributed by atoms with Crippen LogP contribution in [-0.4, -0.2) is 89.6 Å². The SMILES string of the molecule is CC(C)[C@H]1NC(=O)[C@@H](NC(=O)c2ccncc2Cl)CCCNC(=O)CN(C)C(=O)[C@H](Cc2ccccc2)NC(=O)[C@@H](C)NC1=O. The molecule has 1 saturated heterocycles. The molecule has 1 fully saturated rings. The van der Waals surface area contributed by atoms with E-state index in [1.807, 2.05) is 30.3 Å². The van der Waals surface area contributed by atoms with Crippen molar-refractivity contribution in [1.29, 1.82) is 0 Å². The predicted molar refractivity (Wildman–Crippen MR) is 167 cm³/mol. The average molecular weight is 642 g/mol. The normalized spacial score (nSPS) is 22.8. The zero-order valence-corrected chi connectivity index (χ0v) is 26.5. The maximum absolute atomic E-state index is 13.5. The molecule has 45 heavy (non-hydrogen) atoms. The third-order valence-corrected chi connectivity index (χ3v) is 7.59. The van der Waals surface area contributed by atoms with Gasteiger partial charge >= 0.3 is 0 Å². The van der Waals surface area contributed by atoms with Crippen molar-refractivity contribution in [3.63, 3.8) is 0 Å². The highest BCUT2D eigenvalue weighted by molar-refractivity contribution is 6.33. The van der Waals surface area contributed by atoms with Crippen LogP contribution in [0.1, 0.15) is 49.5 Å². The van der Waals surface area contributed by atoms with Gasteiger partial charge < -0.3 is 31.5 Å². The molecule has 2 aromatic rings. The molecule has 5 N–H and O–H groups in total. The van der Waals surface area contributed by atoms with E-state index < -0.39 is 59.6 Å². The molecule has 1 aromatic heterocycles. The summed E-state index contributed by atoms with van der Waals surface area (Å²) in [6.45, 7) is 4.79. The second-order valence-electron chi connectivity index (χ2n) is 11.3. The molecule has 0 saturated carbocycles. The van der Waals surface area contributed by atoms with Gasteiger partial charge in [-0.2, -0.15) is 0 Å². The number of benzene rings is 1. The molecule has 13 nitrogen and oxygen atoms in total. The monoisotopic (exact) mass is 641 g/mol. The minimum absolute atomic E-state index is 0.0965. The Morgan fingerprint density at radius 1 is 1.02 bits per heavy atom. The molecule has 4 atom stereocenters. The Morgan fingerprint density at radius 3 is 2.40 bits per heavy atom. The number of hydrogen-bond acceptors (Lipinski definition) is 7. The van der Waals surface area contributed by atoms with Crippen LogP contribution in [0.5, 0.6) is 0 Å². The highest BCUT2D eigenvalue weighted by Gasteiger charge is 2.32. The summed E-state index contributed by atoms with van der Waals surface area (Å²) in [7, 11) is 1.46. The van der Waals surface area contributed by atoms with E-state index in [4.69, 9.17) is 11.6 Å². The first-order valence-corrected chi connectivity index (χ1v) is 15.1. The van der Waals surface area contributed by atoms with E-state index in [1.165, 1.54) is 37.3 Å². The van der Waals surface area contributed by atoms with E-state index >= 15 is 0 Å². The van der Waals surface area contributed by atoms with Crippen LogP contribution < -0.4 is 26.6 Å². The zero-order valence-electron chi connectivity index (χ0n) is 25.8. The van der Waals surface area contributed by atoms with Gasteiger partial charge in [0, 0.05) is 32.4 Å². The molecule has 0 aliphatic carbocycles. The summed E-state index contributed by atoms with van der Waals surface area (Å²) in [5.41, 5.74) is 0.909. The van der Waals surface area contributed by atoms with Gasteiger partial charge in [-0.3, -0.25) is 33.8 Å². The van der Waals surface area contributed by atoms with Crippen molar-refractivity contribution in [2.75, 3.05) is 20.1 Å². The number of nitrogens with one attached hydrogen (secondary N) is 5. The van der Waals surface area contributed by atoms with Crippen molar-refractivity contribution in [3.05, 3.63) is 64.9 Å². The molecule has 1 aromatic carbocycles. The van der Waals surface area contributed by atoms with Gasteiger partial charge in [0.05, 0.1) is 17.1 Å². The maximum Gasteiger partial charge on any atom is 0.253 e. The number of pyridine rings is 1. The molecule has 6 amide bonds. The summed E-state index contributed by atoms with van der Waals surface area (Å²) in [6, 6.07) is 6.29. The lowest BCUT2D eigenvalue weighted by atomic mass is 10.0. The van der Waals surface area contributed by atoms with Gasteiger partial charge in [0.15, 0.2) is 0 Å². The molecule has 14 heteroatoms. The Hall–Kier alpha value is -4.52. The molecule has 0 bridgehead atoms. The van der Waals surface area contributed by atoms with Crippen LogP contribution in [0.3, 0.4) is 0 Å². The van der Waals surface area contributed by atoms with Gasteiger partial charge in [-0.05, 0) is 37.3 Å². The summed E-state index contributed by atoms with van der Waals surface area (Å²) < 4.78 is 0. The van der Waals surface area contributed by atoms with Crippen LogP contribution >= 0.6 is 11.6 Å². The number of carbonyl (C=O) groups excluding carboxylic acids is 6. The number of amides is 6. The average Bonchev–Trinajstić information content (AvgIpc) is 3.00. The van der Waals surface area contributed by atoms with Crippen molar-refractivity contribution < 1.29 is 28.8 Å². The van der Waals surface area contributed by atoms with E-state index in [2.05, 4.69) is 31.6 Å². The van der Waals surface area contributed by atoms with E-state index in [0.717, 1.165) is 5.56 Å². The minimum atomic E-state index is -1.09. The lowest BCUT2D eigenvalue weighted by Gasteiger charge is -2.28. The van der Waals surface area contributed by atoms with Gasteiger partial charge in [-0.15, -0.1) is 0 Å². The Morgan fingerprint density at radius 2 is 1.73 bits per heavy atom. The highest BCUT2D eigenvalue weighted by atomic mass is 35.5. The highest BCUT2D eigenvalue weighted by Crippen LogP contribution is 2.14. The third-order valence-electron chi connectivity index (χ3n) is 7.28. The van der Waals surface area contributed by atoms with Gasteiger partial charge in [0.25, 0.3) is 5.91 Å². The van der Waals surface area contributed by atoms with E-state index in [0.29, 0.717) is 0 Å². The molecule has 0 spiro atoms. The van der Waals surface area contributed by atoms with Gasteiger partial charge in [0.1, 0.15) is 24.2 Å². The molecule has 3 rings (SSSR count). The third kappa shape index (κ3) is 10.3. The minimum Gasteiger partial charge on any atom is -0.355 e. The summed E-state index contributed by atoms with van der Waals surface area (Å²) in [5.74, 6) is -3.78. The predicted octanol–water partition coefficient (Wildman–Crippen LogP) is 0.575. The standard InChI is InChI=1S/C31H40ClN7O6/c1-18(2)26-30(44)35-19(3)27(41)37-24(15-20-9-6-5-7-10-20)31(45)39(4)17-25(40)34-13-8-11-23(29(43)38-26)36-28(42)21-12-14-33-16-22(21)32/h5-7,9-10,12,14,16,18-19,23-24,26H,8,11,13,15,17H2,1-4H3,(H,34,40)(H,35,44)(H,36,42)(H,37,41)(H,38,43)/t19-,23+,24+,26-/m1/s1. The molecule has 2 heterocycles. The first kappa shape index (κ1) is 35.0. The second kappa shape index (κ2) is 16.5. The van der Waals surface area contributed by atoms with Gasteiger partial charge in [0.2, 0.25) is 29.5 Å². The quantitative estimate of drug-likeness (QED) is 0.317. The number of hydrogen-bond donors (Lipinski definition) is 5. The van der Waals surface area contributed by atoms with Crippen LogP contribution in [-0.2, 0) is 30.4 Å². The number of aromatic nitrogens is 1. The Kier molecular flexibility index (Phi) is 12.8. The fourth-order valence-electron chi connectivity index (χ4n) is 4.72. The summed E-state index contributed by atoms with van der Waals surface area (Å²) in [6.07, 6.45) is 3.26. The second-order valence-corrected chi connectivity index (χ2v) is 11.7. The van der Waals surface area contributed by atoms with Crippen LogP contribution in [0.2, 0.25) is 5.02 Å². The molecule has 1 aliphatic heterocycles. The lowest BCUT2D eigenvalue weighted by Crippen LogP contribution is -2.59. The largest absolute Gasteiger partial charge is 0.355 e. The van der Waals surface area contributed by atoms with E-state index in [1.54, 1.807) is 13.8 Å². The Bertz CT molecular complexity index is 1390. The first-order chi connectivity index (χ1) is 21.4. The van der Waals surface area contributed by atoms with Crippen molar-refractivity contribution >= 4 is 47.0 Å². The van der Waals surface area contributed by atoms with Crippen molar-refractivity contribution in [2.24, 2.45) is 5.92 Å². The lowest BCUT2D eigenvalue weighted by molar-refractivity contribution is -0.139. The molecular formula is C31H40ClN7O6.